The molecule has 26 heavy (non-hydrogen) atoms. The van der Waals surface area contributed by atoms with Crippen molar-refractivity contribution in [3.63, 3.8) is 0 Å². The minimum atomic E-state index is 0.0393. The number of aryl methyl sites for hydroxylation is 1. The molecule has 0 aliphatic rings. The van der Waals surface area contributed by atoms with E-state index in [0.717, 1.165) is 23.3 Å². The van der Waals surface area contributed by atoms with E-state index in [2.05, 4.69) is 6.92 Å². The summed E-state index contributed by atoms with van der Waals surface area (Å²) in [5.74, 6) is 0.811. The molecule has 3 heteroatoms. The van der Waals surface area contributed by atoms with Crippen LogP contribution in [0.15, 0.2) is 71.8 Å². The van der Waals surface area contributed by atoms with Crippen molar-refractivity contribution in [1.29, 1.82) is 0 Å². The predicted octanol–water partition coefficient (Wildman–Crippen LogP) is 5.29. The van der Waals surface area contributed by atoms with Crippen LogP contribution >= 0.6 is 0 Å². The Kier molecular flexibility index (Phi) is 5.90. The predicted molar refractivity (Wildman–Crippen MR) is 108 cm³/mol. The van der Waals surface area contributed by atoms with Crippen molar-refractivity contribution < 1.29 is 4.74 Å². The number of hydrogen-bond acceptors (Lipinski definition) is 2. The van der Waals surface area contributed by atoms with Crippen LogP contribution in [0.25, 0.3) is 22.3 Å². The first-order valence-corrected chi connectivity index (χ1v) is 9.18. The highest BCUT2D eigenvalue weighted by molar-refractivity contribution is 5.72. The molecule has 0 aliphatic carbocycles. The maximum absolute atomic E-state index is 13.1. The summed E-state index contributed by atoms with van der Waals surface area (Å²) >= 11 is 0. The number of nitrogens with zero attached hydrogens (tertiary/aromatic N) is 1. The first-order chi connectivity index (χ1) is 12.7. The SMILES string of the molecule is CCCCCOc1cccc(-c2cn(C)cc(-c3ccccc3)c2=O)c1. The molecule has 3 aromatic rings. The molecule has 0 spiro atoms. The van der Waals surface area contributed by atoms with E-state index in [4.69, 9.17) is 4.74 Å². The Balaban J connectivity index is 1.95. The lowest BCUT2D eigenvalue weighted by molar-refractivity contribution is 0.306. The average Bonchev–Trinajstić information content (AvgIpc) is 2.68. The number of pyridine rings is 1. The van der Waals surface area contributed by atoms with Gasteiger partial charge in [0.2, 0.25) is 0 Å². The summed E-state index contributed by atoms with van der Waals surface area (Å²) < 4.78 is 7.78. The van der Waals surface area contributed by atoms with Crippen LogP contribution in [-0.4, -0.2) is 11.2 Å². The quantitative estimate of drug-likeness (QED) is 0.544. The molecule has 0 saturated carbocycles. The Morgan fingerprint density at radius 1 is 0.885 bits per heavy atom. The second-order valence-corrected chi connectivity index (χ2v) is 6.53. The number of hydrogen-bond donors (Lipinski definition) is 0. The Morgan fingerprint density at radius 3 is 2.31 bits per heavy atom. The fraction of sp³-hybridized carbons (Fsp3) is 0.261. The summed E-state index contributed by atoms with van der Waals surface area (Å²) in [6.07, 6.45) is 7.15. The Labute approximate surface area is 154 Å². The maximum atomic E-state index is 13.1. The van der Waals surface area contributed by atoms with Crippen molar-refractivity contribution in [3.8, 4) is 28.0 Å². The van der Waals surface area contributed by atoms with Crippen molar-refractivity contribution in [2.24, 2.45) is 7.05 Å². The van der Waals surface area contributed by atoms with Gasteiger partial charge in [0.1, 0.15) is 5.75 Å². The smallest absolute Gasteiger partial charge is 0.197 e. The van der Waals surface area contributed by atoms with Gasteiger partial charge < -0.3 is 9.30 Å². The zero-order valence-corrected chi connectivity index (χ0v) is 15.4. The molecular weight excluding hydrogens is 322 g/mol. The molecule has 0 N–H and O–H groups in total. The molecule has 134 valence electrons. The molecule has 3 rings (SSSR count). The van der Waals surface area contributed by atoms with Crippen LogP contribution in [0.5, 0.6) is 5.75 Å². The van der Waals surface area contributed by atoms with Gasteiger partial charge in [-0.15, -0.1) is 0 Å². The number of ether oxygens (including phenoxy) is 1. The third-order valence-corrected chi connectivity index (χ3v) is 4.40. The molecule has 3 nitrogen and oxygen atoms in total. The highest BCUT2D eigenvalue weighted by Gasteiger charge is 2.11. The molecule has 0 fully saturated rings. The Morgan fingerprint density at radius 2 is 1.58 bits per heavy atom. The van der Waals surface area contributed by atoms with E-state index in [1.807, 2.05) is 78.6 Å². The van der Waals surface area contributed by atoms with Crippen molar-refractivity contribution >= 4 is 0 Å². The minimum Gasteiger partial charge on any atom is -0.494 e. The largest absolute Gasteiger partial charge is 0.494 e. The molecule has 0 atom stereocenters. The topological polar surface area (TPSA) is 31.2 Å². The summed E-state index contributed by atoms with van der Waals surface area (Å²) in [4.78, 5) is 13.1. The van der Waals surface area contributed by atoms with Gasteiger partial charge in [-0.2, -0.15) is 0 Å². The summed E-state index contributed by atoms with van der Waals surface area (Å²) in [7, 11) is 1.94. The molecule has 0 aliphatic heterocycles. The standard InChI is InChI=1S/C23H25NO2/c1-3-4-8-14-26-20-13-9-12-19(15-20)22-17-24(2)16-21(23(22)25)18-10-6-5-7-11-18/h5-7,9-13,15-17H,3-4,8,14H2,1-2H3. The molecule has 0 unspecified atom stereocenters. The molecule has 0 amide bonds. The third-order valence-electron chi connectivity index (χ3n) is 4.40. The van der Waals surface area contributed by atoms with E-state index >= 15 is 0 Å². The number of benzene rings is 2. The van der Waals surface area contributed by atoms with Gasteiger partial charge in [-0.05, 0) is 29.7 Å². The van der Waals surface area contributed by atoms with Gasteiger partial charge in [-0.3, -0.25) is 4.79 Å². The van der Waals surface area contributed by atoms with Crippen LogP contribution < -0.4 is 10.2 Å². The van der Waals surface area contributed by atoms with Crippen LogP contribution in [0.1, 0.15) is 26.2 Å². The minimum absolute atomic E-state index is 0.0393. The van der Waals surface area contributed by atoms with Crippen molar-refractivity contribution in [3.05, 3.63) is 77.2 Å². The molecule has 0 bridgehead atoms. The zero-order valence-electron chi connectivity index (χ0n) is 15.4. The number of rotatable bonds is 7. The second kappa shape index (κ2) is 8.52. The maximum Gasteiger partial charge on any atom is 0.197 e. The summed E-state index contributed by atoms with van der Waals surface area (Å²) in [6.45, 7) is 2.88. The Bertz CT molecular complexity index is 913. The number of unbranched alkanes of at least 4 members (excludes halogenated alkanes) is 2. The van der Waals surface area contributed by atoms with E-state index in [1.54, 1.807) is 0 Å². The average molecular weight is 347 g/mol. The fourth-order valence-electron chi connectivity index (χ4n) is 3.03. The van der Waals surface area contributed by atoms with Crippen LogP contribution in [0.2, 0.25) is 0 Å². The molecule has 1 heterocycles. The van der Waals surface area contributed by atoms with Crippen LogP contribution in [0.3, 0.4) is 0 Å². The lowest BCUT2D eigenvalue weighted by Gasteiger charge is -2.11. The van der Waals surface area contributed by atoms with E-state index in [0.29, 0.717) is 17.7 Å². The van der Waals surface area contributed by atoms with Crippen molar-refractivity contribution in [1.82, 2.24) is 4.57 Å². The van der Waals surface area contributed by atoms with E-state index in [1.165, 1.54) is 12.8 Å². The van der Waals surface area contributed by atoms with Crippen LogP contribution in [-0.2, 0) is 7.05 Å². The van der Waals surface area contributed by atoms with Gasteiger partial charge >= 0.3 is 0 Å². The van der Waals surface area contributed by atoms with Gasteiger partial charge in [0.05, 0.1) is 6.61 Å². The van der Waals surface area contributed by atoms with Gasteiger partial charge in [0.15, 0.2) is 5.43 Å². The van der Waals surface area contributed by atoms with Gasteiger partial charge in [-0.25, -0.2) is 0 Å². The molecular formula is C23H25NO2. The first-order valence-electron chi connectivity index (χ1n) is 9.18. The van der Waals surface area contributed by atoms with Crippen LogP contribution in [0, 0.1) is 0 Å². The monoisotopic (exact) mass is 347 g/mol. The summed E-state index contributed by atoms with van der Waals surface area (Å²) in [5.41, 5.74) is 3.25. The van der Waals surface area contributed by atoms with Gasteiger partial charge in [0, 0.05) is 30.6 Å². The summed E-state index contributed by atoms with van der Waals surface area (Å²) in [6, 6.07) is 17.6. The van der Waals surface area contributed by atoms with E-state index < -0.39 is 0 Å². The van der Waals surface area contributed by atoms with Crippen molar-refractivity contribution in [2.75, 3.05) is 6.61 Å². The fourth-order valence-corrected chi connectivity index (χ4v) is 3.03. The Hall–Kier alpha value is -2.81. The third kappa shape index (κ3) is 4.23. The lowest BCUT2D eigenvalue weighted by atomic mass is 10.0. The first kappa shape index (κ1) is 18.0. The van der Waals surface area contributed by atoms with Crippen LogP contribution in [0.4, 0.5) is 0 Å². The highest BCUT2D eigenvalue weighted by Crippen LogP contribution is 2.24. The van der Waals surface area contributed by atoms with Gasteiger partial charge in [0.25, 0.3) is 0 Å². The van der Waals surface area contributed by atoms with Crippen molar-refractivity contribution in [2.45, 2.75) is 26.2 Å². The number of aromatic nitrogens is 1. The normalized spacial score (nSPS) is 10.7. The highest BCUT2D eigenvalue weighted by atomic mass is 16.5. The van der Waals surface area contributed by atoms with Gasteiger partial charge in [-0.1, -0.05) is 62.2 Å². The molecule has 0 radical (unpaired) electrons. The van der Waals surface area contributed by atoms with E-state index in [9.17, 15) is 4.79 Å². The molecule has 0 saturated heterocycles. The molecule has 2 aromatic carbocycles. The van der Waals surface area contributed by atoms with E-state index in [-0.39, 0.29) is 5.43 Å². The molecule has 1 aromatic heterocycles. The zero-order chi connectivity index (χ0) is 18.4. The second-order valence-electron chi connectivity index (χ2n) is 6.53. The lowest BCUT2D eigenvalue weighted by Crippen LogP contribution is -2.11. The summed E-state index contributed by atoms with van der Waals surface area (Å²) in [5, 5.41) is 0.